The molecule has 23 heavy (non-hydrogen) atoms. The van der Waals surface area contributed by atoms with E-state index in [2.05, 4.69) is 4.98 Å². The molecule has 5 nitrogen and oxygen atoms in total. The molecule has 1 aromatic heterocycles. The van der Waals surface area contributed by atoms with Crippen LogP contribution in [-0.2, 0) is 11.2 Å². The molecule has 0 saturated heterocycles. The largest absolute Gasteiger partial charge is 0.497 e. The van der Waals surface area contributed by atoms with E-state index in [1.807, 2.05) is 25.1 Å². The number of aromatic nitrogens is 1. The Morgan fingerprint density at radius 1 is 1.13 bits per heavy atom. The number of pyridine rings is 1. The van der Waals surface area contributed by atoms with Gasteiger partial charge in [-0.15, -0.1) is 0 Å². The van der Waals surface area contributed by atoms with Crippen molar-refractivity contribution >= 4 is 5.97 Å². The topological polar surface area (TPSA) is 57.7 Å². The van der Waals surface area contributed by atoms with Crippen molar-refractivity contribution in [3.63, 3.8) is 0 Å². The molecule has 0 saturated carbocycles. The van der Waals surface area contributed by atoms with E-state index in [9.17, 15) is 4.79 Å². The summed E-state index contributed by atoms with van der Waals surface area (Å²) in [6.45, 7) is 2.29. The lowest BCUT2D eigenvalue weighted by atomic mass is 10.2. The highest BCUT2D eigenvalue weighted by Gasteiger charge is 2.14. The minimum atomic E-state index is -0.401. The Morgan fingerprint density at radius 2 is 1.96 bits per heavy atom. The van der Waals surface area contributed by atoms with Gasteiger partial charge < -0.3 is 14.2 Å². The van der Waals surface area contributed by atoms with Crippen LogP contribution >= 0.6 is 0 Å². The van der Waals surface area contributed by atoms with Gasteiger partial charge in [-0.3, -0.25) is 4.98 Å². The van der Waals surface area contributed by atoms with Crippen molar-refractivity contribution in [2.45, 2.75) is 19.8 Å². The third-order valence-corrected chi connectivity index (χ3v) is 3.39. The third-order valence-electron chi connectivity index (χ3n) is 3.39. The molecule has 0 atom stereocenters. The van der Waals surface area contributed by atoms with Crippen molar-refractivity contribution in [3.8, 4) is 11.5 Å². The van der Waals surface area contributed by atoms with Gasteiger partial charge in [-0.2, -0.15) is 0 Å². The summed E-state index contributed by atoms with van der Waals surface area (Å²) in [5.74, 6) is 0.667. The van der Waals surface area contributed by atoms with Gasteiger partial charge in [0.2, 0.25) is 0 Å². The monoisotopic (exact) mass is 315 g/mol. The third kappa shape index (κ3) is 4.71. The Hall–Kier alpha value is -2.56. The number of ether oxygens (including phenoxy) is 3. The number of aryl methyl sites for hydroxylation is 2. The molecule has 0 bridgehead atoms. The summed E-state index contributed by atoms with van der Waals surface area (Å²) in [5.41, 5.74) is 2.38. The number of hydrogen-bond donors (Lipinski definition) is 0. The molecule has 2 rings (SSSR count). The molecule has 1 aromatic carbocycles. The van der Waals surface area contributed by atoms with Crippen molar-refractivity contribution in [1.29, 1.82) is 0 Å². The summed E-state index contributed by atoms with van der Waals surface area (Å²) < 4.78 is 15.6. The van der Waals surface area contributed by atoms with Crippen LogP contribution in [0.1, 0.15) is 28.2 Å². The van der Waals surface area contributed by atoms with E-state index in [0.717, 1.165) is 24.2 Å². The first-order chi connectivity index (χ1) is 11.1. The zero-order chi connectivity index (χ0) is 16.7. The Balaban J connectivity index is 1.87. The van der Waals surface area contributed by atoms with Gasteiger partial charge >= 0.3 is 5.97 Å². The van der Waals surface area contributed by atoms with Crippen LogP contribution < -0.4 is 9.47 Å². The predicted octanol–water partition coefficient (Wildman–Crippen LogP) is 3.20. The fraction of sp³-hybridized carbons (Fsp3) is 0.333. The van der Waals surface area contributed by atoms with E-state index in [1.165, 1.54) is 7.11 Å². The van der Waals surface area contributed by atoms with Gasteiger partial charge in [0, 0.05) is 17.5 Å². The molecule has 2 aromatic rings. The van der Waals surface area contributed by atoms with E-state index in [1.54, 1.807) is 25.3 Å². The van der Waals surface area contributed by atoms with Crippen molar-refractivity contribution in [2.24, 2.45) is 0 Å². The van der Waals surface area contributed by atoms with Crippen LogP contribution in [0.4, 0.5) is 0 Å². The van der Waals surface area contributed by atoms with E-state index in [-0.39, 0.29) is 0 Å². The van der Waals surface area contributed by atoms with Gasteiger partial charge in [0.15, 0.2) is 0 Å². The molecule has 0 aliphatic carbocycles. The molecule has 0 fully saturated rings. The molecule has 0 unspecified atom stereocenters. The number of nitrogens with zero attached hydrogens (tertiary/aromatic N) is 1. The van der Waals surface area contributed by atoms with E-state index in [0.29, 0.717) is 23.7 Å². The van der Waals surface area contributed by atoms with Crippen molar-refractivity contribution in [3.05, 3.63) is 53.3 Å². The summed E-state index contributed by atoms with van der Waals surface area (Å²) in [7, 11) is 3.07. The molecule has 1 heterocycles. The molecule has 5 heteroatoms. The van der Waals surface area contributed by atoms with Crippen LogP contribution in [-0.4, -0.2) is 31.8 Å². The van der Waals surface area contributed by atoms with Gasteiger partial charge in [-0.1, -0.05) is 6.07 Å². The first kappa shape index (κ1) is 16.8. The molecule has 0 aliphatic rings. The predicted molar refractivity (Wildman–Crippen MR) is 87.1 cm³/mol. The quantitative estimate of drug-likeness (QED) is 0.580. The molecule has 0 aliphatic heterocycles. The number of carbonyl (C=O) groups is 1. The fourth-order valence-electron chi connectivity index (χ4n) is 2.20. The average Bonchev–Trinajstić information content (AvgIpc) is 2.58. The van der Waals surface area contributed by atoms with Crippen molar-refractivity contribution in [1.82, 2.24) is 4.98 Å². The van der Waals surface area contributed by atoms with Crippen LogP contribution in [0, 0.1) is 6.92 Å². The second-order valence-electron chi connectivity index (χ2n) is 5.08. The van der Waals surface area contributed by atoms with Crippen molar-refractivity contribution < 1.29 is 19.0 Å². The Kier molecular flexibility index (Phi) is 5.97. The van der Waals surface area contributed by atoms with Crippen LogP contribution in [0.2, 0.25) is 0 Å². The van der Waals surface area contributed by atoms with Gasteiger partial charge in [0.25, 0.3) is 0 Å². The molecule has 122 valence electrons. The SMILES string of the molecule is COc1ccc(C(=O)OCCCc2cccc(C)n2)c(OC)c1. The smallest absolute Gasteiger partial charge is 0.341 e. The highest BCUT2D eigenvalue weighted by atomic mass is 16.5. The molecule has 0 N–H and O–H groups in total. The highest BCUT2D eigenvalue weighted by molar-refractivity contribution is 5.92. The Labute approximate surface area is 136 Å². The van der Waals surface area contributed by atoms with Crippen LogP contribution in [0.15, 0.2) is 36.4 Å². The van der Waals surface area contributed by atoms with Gasteiger partial charge in [-0.05, 0) is 44.0 Å². The molecule has 0 amide bonds. The van der Waals surface area contributed by atoms with Gasteiger partial charge in [0.1, 0.15) is 17.1 Å². The first-order valence-corrected chi connectivity index (χ1v) is 7.45. The van der Waals surface area contributed by atoms with Crippen molar-refractivity contribution in [2.75, 3.05) is 20.8 Å². The van der Waals surface area contributed by atoms with Gasteiger partial charge in [0.05, 0.1) is 20.8 Å². The minimum absolute atomic E-state index is 0.337. The normalized spacial score (nSPS) is 10.2. The lowest BCUT2D eigenvalue weighted by Gasteiger charge is -2.10. The second-order valence-corrected chi connectivity index (χ2v) is 5.08. The van der Waals surface area contributed by atoms with Gasteiger partial charge in [-0.25, -0.2) is 4.79 Å². The Bertz CT molecular complexity index is 670. The standard InChI is InChI=1S/C18H21NO4/c1-13-6-4-7-14(19-13)8-5-11-23-18(20)16-10-9-15(21-2)12-17(16)22-3/h4,6-7,9-10,12H,5,8,11H2,1-3H3. The number of methoxy groups -OCH3 is 2. The zero-order valence-corrected chi connectivity index (χ0v) is 13.7. The maximum Gasteiger partial charge on any atom is 0.341 e. The maximum absolute atomic E-state index is 12.1. The lowest BCUT2D eigenvalue weighted by Crippen LogP contribution is -2.09. The number of rotatable bonds is 7. The number of esters is 1. The maximum atomic E-state index is 12.1. The molecular weight excluding hydrogens is 294 g/mol. The summed E-state index contributed by atoms with van der Waals surface area (Å²) in [6.07, 6.45) is 1.50. The van der Waals surface area contributed by atoms with E-state index in [4.69, 9.17) is 14.2 Å². The van der Waals surface area contributed by atoms with Crippen LogP contribution in [0.3, 0.4) is 0 Å². The van der Waals surface area contributed by atoms with E-state index < -0.39 is 5.97 Å². The Morgan fingerprint density at radius 3 is 2.65 bits per heavy atom. The second kappa shape index (κ2) is 8.17. The lowest BCUT2D eigenvalue weighted by molar-refractivity contribution is 0.0496. The minimum Gasteiger partial charge on any atom is -0.497 e. The summed E-state index contributed by atoms with van der Waals surface area (Å²) in [5, 5.41) is 0. The van der Waals surface area contributed by atoms with Crippen LogP contribution in [0.5, 0.6) is 11.5 Å². The number of hydrogen-bond acceptors (Lipinski definition) is 5. The molecule has 0 spiro atoms. The number of carbonyl (C=O) groups excluding carboxylic acids is 1. The summed E-state index contributed by atoms with van der Waals surface area (Å²) >= 11 is 0. The average molecular weight is 315 g/mol. The van der Waals surface area contributed by atoms with Crippen LogP contribution in [0.25, 0.3) is 0 Å². The molecular formula is C18H21NO4. The highest BCUT2D eigenvalue weighted by Crippen LogP contribution is 2.25. The summed E-state index contributed by atoms with van der Waals surface area (Å²) in [4.78, 5) is 16.6. The zero-order valence-electron chi connectivity index (χ0n) is 13.7. The van der Waals surface area contributed by atoms with E-state index >= 15 is 0 Å². The first-order valence-electron chi connectivity index (χ1n) is 7.45. The molecule has 0 radical (unpaired) electrons. The fourth-order valence-corrected chi connectivity index (χ4v) is 2.20. The summed E-state index contributed by atoms with van der Waals surface area (Å²) in [6, 6.07) is 10.9. The number of benzene rings is 1.